The Bertz CT molecular complexity index is 431. The van der Waals surface area contributed by atoms with Gasteiger partial charge in [0.1, 0.15) is 0 Å². The summed E-state index contributed by atoms with van der Waals surface area (Å²) in [6.45, 7) is 3.73. The van der Waals surface area contributed by atoms with Crippen LogP contribution >= 0.6 is 0 Å². The maximum atomic E-state index is 11.5. The summed E-state index contributed by atoms with van der Waals surface area (Å²) >= 11 is 0. The number of nitrogens with zero attached hydrogens (tertiary/aromatic N) is 2. The van der Waals surface area contributed by atoms with Crippen molar-refractivity contribution >= 4 is 0 Å². The van der Waals surface area contributed by atoms with Crippen molar-refractivity contribution in [3.8, 4) is 0 Å². The van der Waals surface area contributed by atoms with Crippen molar-refractivity contribution in [3.05, 3.63) is 16.3 Å². The fourth-order valence-electron chi connectivity index (χ4n) is 2.91. The van der Waals surface area contributed by atoms with Crippen LogP contribution < -0.4 is 11.0 Å². The lowest BCUT2D eigenvalue weighted by molar-refractivity contribution is 0.384. The van der Waals surface area contributed by atoms with Crippen LogP contribution in [-0.4, -0.2) is 21.3 Å². The van der Waals surface area contributed by atoms with E-state index in [2.05, 4.69) is 15.5 Å². The number of rotatable bonds is 3. The minimum atomic E-state index is -0.0826. The van der Waals surface area contributed by atoms with Crippen LogP contribution in [0.4, 0.5) is 0 Å². The van der Waals surface area contributed by atoms with Crippen molar-refractivity contribution in [1.29, 1.82) is 0 Å². The standard InChI is InChI=1S/C11H18N4O/c1-2-15-10(13-14-11(15)16)9-8(5-6-12-9)7-3-4-7/h7-9,12H,2-6H2,1H3,(H,14,16). The van der Waals surface area contributed by atoms with Crippen molar-refractivity contribution in [2.75, 3.05) is 6.54 Å². The van der Waals surface area contributed by atoms with E-state index in [1.807, 2.05) is 6.92 Å². The van der Waals surface area contributed by atoms with Crippen molar-refractivity contribution in [2.24, 2.45) is 11.8 Å². The first-order chi connectivity index (χ1) is 7.81. The van der Waals surface area contributed by atoms with E-state index in [1.165, 1.54) is 19.3 Å². The van der Waals surface area contributed by atoms with E-state index in [0.29, 0.717) is 12.5 Å². The molecule has 1 aromatic rings. The average molecular weight is 222 g/mol. The third-order valence-corrected chi connectivity index (χ3v) is 3.88. The molecule has 1 saturated carbocycles. The molecule has 1 aliphatic carbocycles. The predicted octanol–water partition coefficient (Wildman–Crippen LogP) is 0.652. The van der Waals surface area contributed by atoms with Gasteiger partial charge in [0.2, 0.25) is 0 Å². The van der Waals surface area contributed by atoms with Gasteiger partial charge in [0.05, 0.1) is 6.04 Å². The van der Waals surface area contributed by atoms with E-state index in [4.69, 9.17) is 0 Å². The zero-order valence-electron chi connectivity index (χ0n) is 9.57. The Balaban J connectivity index is 1.92. The second kappa shape index (κ2) is 3.73. The fourth-order valence-corrected chi connectivity index (χ4v) is 2.91. The van der Waals surface area contributed by atoms with Gasteiger partial charge in [0.15, 0.2) is 5.82 Å². The molecular weight excluding hydrogens is 204 g/mol. The van der Waals surface area contributed by atoms with Crippen LogP contribution in [0.3, 0.4) is 0 Å². The van der Waals surface area contributed by atoms with Gasteiger partial charge in [-0.05, 0) is 44.6 Å². The third-order valence-electron chi connectivity index (χ3n) is 3.88. The molecule has 1 saturated heterocycles. The van der Waals surface area contributed by atoms with Crippen molar-refractivity contribution in [2.45, 2.75) is 38.8 Å². The van der Waals surface area contributed by atoms with E-state index in [9.17, 15) is 4.79 Å². The Kier molecular flexibility index (Phi) is 2.35. The molecule has 0 radical (unpaired) electrons. The van der Waals surface area contributed by atoms with Gasteiger partial charge in [0, 0.05) is 6.54 Å². The van der Waals surface area contributed by atoms with Crippen LogP contribution in [0.1, 0.15) is 38.1 Å². The summed E-state index contributed by atoms with van der Waals surface area (Å²) in [5.74, 6) is 2.44. The summed E-state index contributed by atoms with van der Waals surface area (Å²) in [5.41, 5.74) is -0.0826. The SMILES string of the molecule is CCn1c(C2NCCC2C2CC2)n[nH]c1=O. The molecule has 88 valence electrons. The second-order valence-electron chi connectivity index (χ2n) is 4.85. The molecule has 0 bridgehead atoms. The number of nitrogens with one attached hydrogen (secondary N) is 2. The Morgan fingerprint density at radius 3 is 2.94 bits per heavy atom. The molecule has 2 unspecified atom stereocenters. The quantitative estimate of drug-likeness (QED) is 0.789. The predicted molar refractivity (Wildman–Crippen MR) is 60.1 cm³/mol. The molecule has 0 amide bonds. The first-order valence-electron chi connectivity index (χ1n) is 6.19. The van der Waals surface area contributed by atoms with Crippen molar-refractivity contribution < 1.29 is 0 Å². The van der Waals surface area contributed by atoms with Crippen LogP contribution in [0, 0.1) is 11.8 Å². The maximum absolute atomic E-state index is 11.5. The Hall–Kier alpha value is -1.10. The molecule has 5 nitrogen and oxygen atoms in total. The minimum Gasteiger partial charge on any atom is -0.307 e. The zero-order valence-corrected chi connectivity index (χ0v) is 9.57. The number of H-pyrrole nitrogens is 1. The number of aromatic amines is 1. The minimum absolute atomic E-state index is 0.0826. The highest BCUT2D eigenvalue weighted by Gasteiger charge is 2.41. The van der Waals surface area contributed by atoms with Crippen LogP contribution in [-0.2, 0) is 6.54 Å². The topological polar surface area (TPSA) is 62.7 Å². The lowest BCUT2D eigenvalue weighted by Gasteiger charge is -2.18. The molecule has 2 atom stereocenters. The summed E-state index contributed by atoms with van der Waals surface area (Å²) in [7, 11) is 0. The van der Waals surface area contributed by atoms with Gasteiger partial charge in [-0.25, -0.2) is 9.89 Å². The molecule has 2 aliphatic rings. The van der Waals surface area contributed by atoms with E-state index in [-0.39, 0.29) is 11.7 Å². The molecule has 16 heavy (non-hydrogen) atoms. The van der Waals surface area contributed by atoms with Crippen LogP contribution in [0.5, 0.6) is 0 Å². The first kappa shape index (κ1) is 10.1. The molecular formula is C11H18N4O. The highest BCUT2D eigenvalue weighted by Crippen LogP contribution is 2.46. The van der Waals surface area contributed by atoms with Crippen molar-refractivity contribution in [3.63, 3.8) is 0 Å². The third kappa shape index (κ3) is 1.50. The van der Waals surface area contributed by atoms with Crippen LogP contribution in [0.15, 0.2) is 4.79 Å². The molecule has 1 aliphatic heterocycles. The van der Waals surface area contributed by atoms with E-state index in [0.717, 1.165) is 18.3 Å². The monoisotopic (exact) mass is 222 g/mol. The Labute approximate surface area is 94.2 Å². The number of aromatic nitrogens is 3. The summed E-state index contributed by atoms with van der Waals surface area (Å²) < 4.78 is 1.75. The summed E-state index contributed by atoms with van der Waals surface area (Å²) in [6.07, 6.45) is 3.92. The van der Waals surface area contributed by atoms with Crippen molar-refractivity contribution in [1.82, 2.24) is 20.1 Å². The second-order valence-corrected chi connectivity index (χ2v) is 4.85. The smallest absolute Gasteiger partial charge is 0.307 e. The summed E-state index contributed by atoms with van der Waals surface area (Å²) in [4.78, 5) is 11.5. The Morgan fingerprint density at radius 2 is 2.25 bits per heavy atom. The largest absolute Gasteiger partial charge is 0.343 e. The zero-order chi connectivity index (χ0) is 11.1. The van der Waals surface area contributed by atoms with E-state index in [1.54, 1.807) is 4.57 Å². The van der Waals surface area contributed by atoms with E-state index >= 15 is 0 Å². The van der Waals surface area contributed by atoms with Crippen LogP contribution in [0.2, 0.25) is 0 Å². The first-order valence-corrected chi connectivity index (χ1v) is 6.19. The van der Waals surface area contributed by atoms with E-state index < -0.39 is 0 Å². The average Bonchev–Trinajstić information content (AvgIpc) is 2.89. The van der Waals surface area contributed by atoms with Gasteiger partial charge in [-0.15, -0.1) is 0 Å². The molecule has 1 aromatic heterocycles. The van der Waals surface area contributed by atoms with Gasteiger partial charge in [-0.3, -0.25) is 4.57 Å². The fraction of sp³-hybridized carbons (Fsp3) is 0.818. The molecule has 2 heterocycles. The number of hydrogen-bond donors (Lipinski definition) is 2. The van der Waals surface area contributed by atoms with Gasteiger partial charge in [0.25, 0.3) is 0 Å². The molecule has 2 fully saturated rings. The highest BCUT2D eigenvalue weighted by atomic mass is 16.1. The summed E-state index contributed by atoms with van der Waals surface area (Å²) in [6, 6.07) is 0.284. The molecule has 5 heteroatoms. The normalized spacial score (nSPS) is 29.8. The summed E-state index contributed by atoms with van der Waals surface area (Å²) in [5, 5.41) is 10.2. The molecule has 0 aromatic carbocycles. The van der Waals surface area contributed by atoms with Crippen LogP contribution in [0.25, 0.3) is 0 Å². The molecule has 3 rings (SSSR count). The number of hydrogen-bond acceptors (Lipinski definition) is 3. The van der Waals surface area contributed by atoms with Gasteiger partial charge >= 0.3 is 5.69 Å². The Morgan fingerprint density at radius 1 is 1.44 bits per heavy atom. The van der Waals surface area contributed by atoms with Gasteiger partial charge in [-0.1, -0.05) is 0 Å². The van der Waals surface area contributed by atoms with Gasteiger partial charge < -0.3 is 5.32 Å². The lowest BCUT2D eigenvalue weighted by atomic mass is 9.94. The molecule has 0 spiro atoms. The lowest BCUT2D eigenvalue weighted by Crippen LogP contribution is -2.26. The highest BCUT2D eigenvalue weighted by molar-refractivity contribution is 5.05. The maximum Gasteiger partial charge on any atom is 0.343 e. The molecule has 2 N–H and O–H groups in total. The van der Waals surface area contributed by atoms with Gasteiger partial charge in [-0.2, -0.15) is 5.10 Å².